The highest BCUT2D eigenvalue weighted by Crippen LogP contribution is 2.46. The molecule has 3 heterocycles. The fourth-order valence-electron chi connectivity index (χ4n) is 4.63. The summed E-state index contributed by atoms with van der Waals surface area (Å²) in [5.74, 6) is -0.907. The van der Waals surface area contributed by atoms with Crippen molar-refractivity contribution < 1.29 is 18.7 Å². The number of ether oxygens (including phenoxy) is 1. The molecule has 0 spiro atoms. The molecule has 4 rings (SSSR count). The van der Waals surface area contributed by atoms with Crippen LogP contribution >= 0.6 is 11.8 Å². The van der Waals surface area contributed by atoms with Crippen molar-refractivity contribution in [3.63, 3.8) is 0 Å². The van der Waals surface area contributed by atoms with E-state index >= 15 is 0 Å². The third-order valence-electron chi connectivity index (χ3n) is 6.28. The molecule has 0 radical (unpaired) electrons. The Morgan fingerprint density at radius 3 is 2.75 bits per heavy atom. The van der Waals surface area contributed by atoms with E-state index in [-0.39, 0.29) is 18.4 Å². The summed E-state index contributed by atoms with van der Waals surface area (Å²) in [6.07, 6.45) is 3.83. The van der Waals surface area contributed by atoms with Gasteiger partial charge in [0, 0.05) is 23.8 Å². The first kappa shape index (κ1) is 22.6. The Kier molecular flexibility index (Phi) is 6.69. The summed E-state index contributed by atoms with van der Waals surface area (Å²) < 4.78 is 20.1. The lowest BCUT2D eigenvalue weighted by Gasteiger charge is -2.38. The summed E-state index contributed by atoms with van der Waals surface area (Å²) in [5, 5.41) is 2.55. The first-order valence-corrected chi connectivity index (χ1v) is 11.9. The molecule has 170 valence electrons. The van der Waals surface area contributed by atoms with Crippen LogP contribution in [0.2, 0.25) is 0 Å². The minimum absolute atomic E-state index is 0.0440. The fourth-order valence-corrected chi connectivity index (χ4v) is 5.57. The number of likely N-dealkylation sites (tertiary alicyclic amines) is 1. The summed E-state index contributed by atoms with van der Waals surface area (Å²) >= 11 is 1.40. The highest BCUT2D eigenvalue weighted by Gasteiger charge is 2.42. The van der Waals surface area contributed by atoms with Gasteiger partial charge in [0.25, 0.3) is 0 Å². The SMILES string of the molecule is CCC1=C(C(=O)OC)C(c2ccccc2F)N2C(CC(=O)N3CCCCC3C)=CSC2=N1. The number of rotatable bonds is 5. The molecule has 2 unspecified atom stereocenters. The second kappa shape index (κ2) is 9.48. The second-order valence-electron chi connectivity index (χ2n) is 8.23. The molecule has 0 bridgehead atoms. The predicted octanol–water partition coefficient (Wildman–Crippen LogP) is 4.75. The van der Waals surface area contributed by atoms with Crippen LogP contribution in [0.3, 0.4) is 0 Å². The molecule has 1 aromatic rings. The lowest BCUT2D eigenvalue weighted by atomic mass is 9.92. The van der Waals surface area contributed by atoms with Gasteiger partial charge >= 0.3 is 5.97 Å². The molecule has 3 aliphatic rings. The highest BCUT2D eigenvalue weighted by molar-refractivity contribution is 8.16. The molecule has 1 fully saturated rings. The van der Waals surface area contributed by atoms with E-state index in [4.69, 9.17) is 4.74 Å². The number of nitrogens with zero attached hydrogens (tertiary/aromatic N) is 3. The van der Waals surface area contributed by atoms with Crippen LogP contribution in [-0.2, 0) is 14.3 Å². The second-order valence-corrected chi connectivity index (χ2v) is 9.07. The number of thioether (sulfide) groups is 1. The standard InChI is InChI=1S/C24H28FN3O3S/c1-4-19-21(23(30)31-3)22(17-10-5-6-11-18(17)25)28-16(14-32-24(28)26-19)13-20(29)27-12-8-7-9-15(27)2/h5-6,10-11,14-15,22H,4,7-9,12-13H2,1-3H3. The molecule has 1 aromatic carbocycles. The van der Waals surface area contributed by atoms with Crippen molar-refractivity contribution in [2.24, 2.45) is 4.99 Å². The number of amides is 1. The predicted molar refractivity (Wildman–Crippen MR) is 123 cm³/mol. The van der Waals surface area contributed by atoms with Gasteiger partial charge in [0.2, 0.25) is 5.91 Å². The molecule has 8 heteroatoms. The summed E-state index contributed by atoms with van der Waals surface area (Å²) in [6, 6.07) is 5.90. The van der Waals surface area contributed by atoms with Crippen molar-refractivity contribution in [3.8, 4) is 0 Å². The van der Waals surface area contributed by atoms with Crippen LogP contribution in [0.15, 0.2) is 51.6 Å². The van der Waals surface area contributed by atoms with Gasteiger partial charge in [-0.25, -0.2) is 14.2 Å². The molecule has 0 aromatic heterocycles. The molecular weight excluding hydrogens is 429 g/mol. The largest absolute Gasteiger partial charge is 0.466 e. The number of allylic oxidation sites excluding steroid dienone is 1. The number of hydrogen-bond acceptors (Lipinski definition) is 6. The minimum Gasteiger partial charge on any atom is -0.466 e. The van der Waals surface area contributed by atoms with Gasteiger partial charge in [-0.3, -0.25) is 4.79 Å². The van der Waals surface area contributed by atoms with Crippen molar-refractivity contribution >= 4 is 28.8 Å². The lowest BCUT2D eigenvalue weighted by Crippen LogP contribution is -2.43. The molecular formula is C24H28FN3O3S. The number of carbonyl (C=O) groups is 2. The Bertz CT molecular complexity index is 1020. The van der Waals surface area contributed by atoms with Gasteiger partial charge in [0.1, 0.15) is 5.82 Å². The van der Waals surface area contributed by atoms with Gasteiger partial charge in [-0.15, -0.1) is 0 Å². The highest BCUT2D eigenvalue weighted by atomic mass is 32.2. The number of piperidine rings is 1. The quantitative estimate of drug-likeness (QED) is 0.597. The number of fused-ring (bicyclic) bond motifs is 1. The number of methoxy groups -OCH3 is 1. The van der Waals surface area contributed by atoms with E-state index in [1.54, 1.807) is 18.2 Å². The van der Waals surface area contributed by atoms with Crippen LogP contribution in [0.25, 0.3) is 0 Å². The van der Waals surface area contributed by atoms with Crippen LogP contribution in [0.5, 0.6) is 0 Å². The van der Waals surface area contributed by atoms with Crippen LogP contribution < -0.4 is 0 Å². The Morgan fingerprint density at radius 1 is 1.28 bits per heavy atom. The van der Waals surface area contributed by atoms with Crippen LogP contribution in [0, 0.1) is 5.82 Å². The Hall–Kier alpha value is -2.61. The number of benzene rings is 1. The fraction of sp³-hybridized carbons (Fsp3) is 0.458. The van der Waals surface area contributed by atoms with Gasteiger partial charge in [0.15, 0.2) is 5.17 Å². The molecule has 0 N–H and O–H groups in total. The minimum atomic E-state index is -0.737. The molecule has 2 atom stereocenters. The van der Waals surface area contributed by atoms with Gasteiger partial charge in [0.05, 0.1) is 30.8 Å². The summed E-state index contributed by atoms with van der Waals surface area (Å²) in [6.45, 7) is 4.74. The third kappa shape index (κ3) is 4.08. The first-order valence-electron chi connectivity index (χ1n) is 11.0. The van der Waals surface area contributed by atoms with E-state index in [9.17, 15) is 14.0 Å². The Labute approximate surface area is 192 Å². The van der Waals surface area contributed by atoms with E-state index in [0.717, 1.165) is 31.5 Å². The maximum absolute atomic E-state index is 15.0. The van der Waals surface area contributed by atoms with Gasteiger partial charge in [-0.2, -0.15) is 0 Å². The van der Waals surface area contributed by atoms with Crippen LogP contribution in [0.1, 0.15) is 57.6 Å². The molecule has 0 saturated carbocycles. The van der Waals surface area contributed by atoms with Crippen LogP contribution in [-0.4, -0.2) is 46.5 Å². The average Bonchev–Trinajstić information content (AvgIpc) is 3.20. The van der Waals surface area contributed by atoms with E-state index in [2.05, 4.69) is 11.9 Å². The lowest BCUT2D eigenvalue weighted by molar-refractivity contribution is -0.136. The normalized spacial score (nSPS) is 23.0. The number of hydrogen-bond donors (Lipinski definition) is 0. The monoisotopic (exact) mass is 457 g/mol. The van der Waals surface area contributed by atoms with E-state index in [0.29, 0.717) is 28.4 Å². The molecule has 1 saturated heterocycles. The topological polar surface area (TPSA) is 62.2 Å². The summed E-state index contributed by atoms with van der Waals surface area (Å²) in [7, 11) is 1.32. The zero-order valence-corrected chi connectivity index (χ0v) is 19.5. The van der Waals surface area contributed by atoms with Crippen molar-refractivity contribution in [2.45, 2.75) is 58.0 Å². The Morgan fingerprint density at radius 2 is 2.06 bits per heavy atom. The third-order valence-corrected chi connectivity index (χ3v) is 7.17. The van der Waals surface area contributed by atoms with Crippen molar-refractivity contribution in [2.75, 3.05) is 13.7 Å². The number of halogens is 1. The average molecular weight is 458 g/mol. The summed E-state index contributed by atoms with van der Waals surface area (Å²) in [4.78, 5) is 34.5. The van der Waals surface area contributed by atoms with E-state index < -0.39 is 17.8 Å². The molecule has 1 amide bonds. The Balaban J connectivity index is 1.73. The van der Waals surface area contributed by atoms with Crippen molar-refractivity contribution in [1.82, 2.24) is 9.80 Å². The maximum atomic E-state index is 15.0. The van der Waals surface area contributed by atoms with Gasteiger partial charge in [-0.05, 0) is 44.1 Å². The van der Waals surface area contributed by atoms with Gasteiger partial charge < -0.3 is 14.5 Å². The zero-order chi connectivity index (χ0) is 22.8. The molecule has 0 aliphatic carbocycles. The summed E-state index contributed by atoms with van der Waals surface area (Å²) in [5.41, 5.74) is 1.98. The van der Waals surface area contributed by atoms with E-state index in [1.807, 2.05) is 22.1 Å². The van der Waals surface area contributed by atoms with E-state index in [1.165, 1.54) is 24.9 Å². The molecule has 6 nitrogen and oxygen atoms in total. The van der Waals surface area contributed by atoms with Crippen molar-refractivity contribution in [3.05, 3.63) is 58.0 Å². The van der Waals surface area contributed by atoms with Gasteiger partial charge in [-0.1, -0.05) is 36.9 Å². The number of aliphatic imine (C=N–C) groups is 1. The number of amidine groups is 1. The molecule has 32 heavy (non-hydrogen) atoms. The first-order chi connectivity index (χ1) is 15.5. The van der Waals surface area contributed by atoms with Crippen LogP contribution in [0.4, 0.5) is 4.39 Å². The zero-order valence-electron chi connectivity index (χ0n) is 18.6. The number of esters is 1. The molecule has 3 aliphatic heterocycles. The van der Waals surface area contributed by atoms with Crippen molar-refractivity contribution in [1.29, 1.82) is 0 Å². The number of carbonyl (C=O) groups excluding carboxylic acids is 2. The smallest absolute Gasteiger partial charge is 0.338 e. The maximum Gasteiger partial charge on any atom is 0.338 e.